The Kier molecular flexibility index (Phi) is 2.32. The van der Waals surface area contributed by atoms with E-state index in [2.05, 4.69) is 4.90 Å². The summed E-state index contributed by atoms with van der Waals surface area (Å²) in [6.07, 6.45) is 6.34. The lowest BCUT2D eigenvalue weighted by Gasteiger charge is -2.58. The molecule has 0 saturated carbocycles. The van der Waals surface area contributed by atoms with Crippen LogP contribution in [-0.4, -0.2) is 58.8 Å². The Labute approximate surface area is 128 Å². The average Bonchev–Trinajstić information content (AvgIpc) is 2.85. The molecule has 3 aliphatic carbocycles. The minimum absolute atomic E-state index is 0.0475. The second-order valence-corrected chi connectivity index (χ2v) is 7.22. The van der Waals surface area contributed by atoms with Crippen molar-refractivity contribution in [3.63, 3.8) is 0 Å². The van der Waals surface area contributed by atoms with Gasteiger partial charge in [-0.1, -0.05) is 18.2 Å². The molecule has 1 spiro atoms. The van der Waals surface area contributed by atoms with Gasteiger partial charge in [0, 0.05) is 17.3 Å². The van der Waals surface area contributed by atoms with Crippen LogP contribution in [0.25, 0.3) is 0 Å². The van der Waals surface area contributed by atoms with Gasteiger partial charge in [0.15, 0.2) is 5.78 Å². The molecule has 0 aromatic rings. The number of aliphatic hydroxyl groups excluding tert-OH is 2. The Bertz CT molecular complexity index is 666. The SMILES string of the molecule is CN1CC[C@@]23C4C5=C(O)[C@@H]1[C@@H]2C=C[C@H](O)[C@@H]3OC4C(=O)C=C5. The fraction of sp³-hybridized carbons (Fsp3) is 0.588. The van der Waals surface area contributed by atoms with E-state index < -0.39 is 12.2 Å². The maximum Gasteiger partial charge on any atom is 0.185 e. The van der Waals surface area contributed by atoms with Crippen molar-refractivity contribution in [1.29, 1.82) is 0 Å². The third-order valence-electron chi connectivity index (χ3n) is 6.48. The Morgan fingerprint density at radius 1 is 1.36 bits per heavy atom. The molecule has 0 radical (unpaired) electrons. The van der Waals surface area contributed by atoms with Crippen LogP contribution in [0.15, 0.2) is 35.6 Å². The lowest BCUT2D eigenvalue weighted by molar-refractivity contribution is -0.130. The third kappa shape index (κ3) is 1.22. The third-order valence-corrected chi connectivity index (χ3v) is 6.48. The fourth-order valence-electron chi connectivity index (χ4n) is 5.63. The van der Waals surface area contributed by atoms with Gasteiger partial charge in [0.05, 0.1) is 18.2 Å². The maximum absolute atomic E-state index is 12.3. The molecule has 0 aromatic carbocycles. The summed E-state index contributed by atoms with van der Waals surface area (Å²) < 4.78 is 6.07. The van der Waals surface area contributed by atoms with Crippen LogP contribution < -0.4 is 0 Å². The highest BCUT2D eigenvalue weighted by molar-refractivity contribution is 5.96. The van der Waals surface area contributed by atoms with Crippen LogP contribution in [0.5, 0.6) is 0 Å². The fourth-order valence-corrected chi connectivity index (χ4v) is 5.63. The van der Waals surface area contributed by atoms with Crippen molar-refractivity contribution in [3.05, 3.63) is 35.6 Å². The molecule has 5 heteroatoms. The van der Waals surface area contributed by atoms with E-state index in [1.165, 1.54) is 6.08 Å². The Morgan fingerprint density at radius 2 is 2.18 bits per heavy atom. The maximum atomic E-state index is 12.3. The first-order valence-corrected chi connectivity index (χ1v) is 7.93. The number of ketones is 1. The molecule has 7 atom stereocenters. The number of carbonyl (C=O) groups excluding carboxylic acids is 1. The molecule has 5 nitrogen and oxygen atoms in total. The van der Waals surface area contributed by atoms with Crippen LogP contribution in [0.4, 0.5) is 0 Å². The van der Waals surface area contributed by atoms with E-state index in [9.17, 15) is 15.0 Å². The first-order chi connectivity index (χ1) is 10.6. The van der Waals surface area contributed by atoms with E-state index in [0.29, 0.717) is 5.76 Å². The van der Waals surface area contributed by atoms with Gasteiger partial charge in [0.25, 0.3) is 0 Å². The smallest absolute Gasteiger partial charge is 0.185 e. The predicted octanol–water partition coefficient (Wildman–Crippen LogP) is 0.572. The number of likely N-dealkylation sites (N-methyl/N-ethyl adjacent to an activating group) is 1. The van der Waals surface area contributed by atoms with Gasteiger partial charge in [-0.25, -0.2) is 0 Å². The monoisotopic (exact) mass is 301 g/mol. The number of ether oxygens (including phenoxy) is 1. The van der Waals surface area contributed by atoms with Crippen LogP contribution in [-0.2, 0) is 9.53 Å². The molecule has 2 aliphatic heterocycles. The highest BCUT2D eigenvalue weighted by Crippen LogP contribution is 2.64. The van der Waals surface area contributed by atoms with Crippen LogP contribution in [0.2, 0.25) is 0 Å². The van der Waals surface area contributed by atoms with Crippen molar-refractivity contribution < 1.29 is 19.7 Å². The quantitative estimate of drug-likeness (QED) is 0.640. The molecular formula is C17H19NO4. The van der Waals surface area contributed by atoms with Gasteiger partial charge in [-0.2, -0.15) is 0 Å². The van der Waals surface area contributed by atoms with E-state index in [-0.39, 0.29) is 35.2 Å². The summed E-state index contributed by atoms with van der Waals surface area (Å²) in [5.74, 6) is 0.266. The molecular weight excluding hydrogens is 282 g/mol. The van der Waals surface area contributed by atoms with Gasteiger partial charge in [-0.15, -0.1) is 0 Å². The zero-order chi connectivity index (χ0) is 15.2. The Hall–Kier alpha value is -1.43. The molecule has 2 heterocycles. The number of hydrogen-bond donors (Lipinski definition) is 2. The number of allylic oxidation sites excluding steroid dienone is 1. The van der Waals surface area contributed by atoms with Gasteiger partial charge < -0.3 is 14.9 Å². The van der Waals surface area contributed by atoms with Crippen molar-refractivity contribution >= 4 is 5.78 Å². The Morgan fingerprint density at radius 3 is 3.00 bits per heavy atom. The van der Waals surface area contributed by atoms with E-state index in [4.69, 9.17) is 4.74 Å². The van der Waals surface area contributed by atoms with Crippen LogP contribution in [0.1, 0.15) is 6.42 Å². The number of carbonyl (C=O) groups is 1. The van der Waals surface area contributed by atoms with E-state index in [0.717, 1.165) is 18.5 Å². The van der Waals surface area contributed by atoms with E-state index in [1.54, 1.807) is 12.2 Å². The highest BCUT2D eigenvalue weighted by atomic mass is 16.5. The molecule has 2 fully saturated rings. The highest BCUT2D eigenvalue weighted by Gasteiger charge is 2.70. The second kappa shape index (κ2) is 3.91. The number of likely N-dealkylation sites (tertiary alicyclic amines) is 1. The molecule has 2 bridgehead atoms. The summed E-state index contributed by atoms with van der Waals surface area (Å²) in [4.78, 5) is 14.5. The molecule has 2 saturated heterocycles. The molecule has 0 aromatic heterocycles. The van der Waals surface area contributed by atoms with Crippen molar-refractivity contribution in [2.45, 2.75) is 30.8 Å². The first kappa shape index (κ1) is 13.0. The number of piperidine rings is 1. The van der Waals surface area contributed by atoms with Gasteiger partial charge in [0.1, 0.15) is 11.9 Å². The standard InChI is InChI=1S/C17H19NO4/c1-18-7-6-17-9-3-5-11(20)16(17)22-15-10(19)4-2-8(12(15)17)14(21)13(9)18/h2-5,9,11-13,15-16,20-21H,6-7H2,1H3/t9-,11-,12?,13-,15?,16-,17-/m0/s1. The lowest BCUT2D eigenvalue weighted by Crippen LogP contribution is -2.64. The summed E-state index contributed by atoms with van der Waals surface area (Å²) in [5, 5.41) is 21.3. The van der Waals surface area contributed by atoms with Crippen molar-refractivity contribution in [3.8, 4) is 0 Å². The van der Waals surface area contributed by atoms with Gasteiger partial charge >= 0.3 is 0 Å². The van der Waals surface area contributed by atoms with Crippen molar-refractivity contribution in [1.82, 2.24) is 4.90 Å². The average molecular weight is 301 g/mol. The largest absolute Gasteiger partial charge is 0.510 e. The van der Waals surface area contributed by atoms with Gasteiger partial charge in [0.2, 0.25) is 0 Å². The predicted molar refractivity (Wildman–Crippen MR) is 78.1 cm³/mol. The molecule has 116 valence electrons. The van der Waals surface area contributed by atoms with Gasteiger partial charge in [-0.3, -0.25) is 9.69 Å². The lowest BCUT2D eigenvalue weighted by atomic mass is 9.49. The summed E-state index contributed by atoms with van der Waals surface area (Å²) in [6.45, 7) is 0.833. The molecule has 5 rings (SSSR count). The number of nitrogens with zero attached hydrogens (tertiary/aromatic N) is 1. The zero-order valence-electron chi connectivity index (χ0n) is 12.3. The molecule has 0 amide bonds. The molecule has 2 unspecified atom stereocenters. The molecule has 5 aliphatic rings. The minimum atomic E-state index is -0.680. The number of rotatable bonds is 0. The van der Waals surface area contributed by atoms with Crippen LogP contribution in [0.3, 0.4) is 0 Å². The molecule has 2 N–H and O–H groups in total. The van der Waals surface area contributed by atoms with Crippen molar-refractivity contribution in [2.24, 2.45) is 17.3 Å². The second-order valence-electron chi connectivity index (χ2n) is 7.22. The van der Waals surface area contributed by atoms with Gasteiger partial charge in [-0.05, 0) is 31.7 Å². The van der Waals surface area contributed by atoms with Crippen molar-refractivity contribution in [2.75, 3.05) is 13.6 Å². The van der Waals surface area contributed by atoms with E-state index >= 15 is 0 Å². The summed E-state index contributed by atoms with van der Waals surface area (Å²) >= 11 is 0. The first-order valence-electron chi connectivity index (χ1n) is 7.93. The summed E-state index contributed by atoms with van der Waals surface area (Å²) in [5.41, 5.74) is 0.556. The number of aliphatic hydroxyl groups is 2. The summed E-state index contributed by atoms with van der Waals surface area (Å²) in [7, 11) is 2.02. The van der Waals surface area contributed by atoms with Crippen LogP contribution in [0, 0.1) is 17.3 Å². The Balaban J connectivity index is 1.82. The summed E-state index contributed by atoms with van der Waals surface area (Å²) in [6, 6.07) is -0.0912. The zero-order valence-corrected chi connectivity index (χ0v) is 12.3. The number of hydrogen-bond acceptors (Lipinski definition) is 5. The topological polar surface area (TPSA) is 70.0 Å². The normalized spacial score (nSPS) is 52.2. The van der Waals surface area contributed by atoms with Crippen LogP contribution >= 0.6 is 0 Å². The molecule has 22 heavy (non-hydrogen) atoms. The minimum Gasteiger partial charge on any atom is -0.510 e. The van der Waals surface area contributed by atoms with E-state index in [1.807, 2.05) is 13.1 Å².